The van der Waals surface area contributed by atoms with Crippen LogP contribution in [0.15, 0.2) is 28.6 Å². The zero-order valence-corrected chi connectivity index (χ0v) is 12.6. The second-order valence-corrected chi connectivity index (χ2v) is 5.13. The average molecular weight is 302 g/mol. The van der Waals surface area contributed by atoms with E-state index in [0.29, 0.717) is 12.5 Å². The van der Waals surface area contributed by atoms with Gasteiger partial charge in [0.2, 0.25) is 0 Å². The number of rotatable bonds is 0. The number of allylic oxidation sites excluding steroid dienone is 3. The van der Waals surface area contributed by atoms with Gasteiger partial charge in [-0.3, -0.25) is 11.5 Å². The second kappa shape index (κ2) is 7.01. The summed E-state index contributed by atoms with van der Waals surface area (Å²) in [6, 6.07) is 0.217. The van der Waals surface area contributed by atoms with E-state index in [4.69, 9.17) is 4.74 Å². The fraction of sp³-hybridized carbons (Fsp3) is 0.353. The molecule has 0 aromatic heterocycles. The maximum absolute atomic E-state index is 5.48. The molecule has 1 heterocycles. The largest absolute Gasteiger partial charge is 2.00 e. The van der Waals surface area contributed by atoms with Crippen LogP contribution in [0.5, 0.6) is 0 Å². The molecule has 0 N–H and O–H groups in total. The molecular formula is C17H12FeNO. The molecular weight excluding hydrogens is 290 g/mol. The zero-order chi connectivity index (χ0) is 13.7. The standard InChI is InChI=1S/C12H12NO.C5.Fe/c1-12(2,3)10-8-14-11(13-10)9-6-4-5-7-9;1-2-4-5-3-1;/h10H,8H2,1-3H3;;/q2*-1;+2/t10-;;/m1../s1. The van der Waals surface area contributed by atoms with E-state index in [1.54, 1.807) is 0 Å². The van der Waals surface area contributed by atoms with Crippen molar-refractivity contribution in [2.75, 3.05) is 6.61 Å². The van der Waals surface area contributed by atoms with Crippen LogP contribution in [0.2, 0.25) is 0 Å². The molecule has 1 atom stereocenters. The first kappa shape index (κ1) is 16.1. The monoisotopic (exact) mass is 302 g/mol. The third-order valence-corrected chi connectivity index (χ3v) is 2.61. The minimum Gasteiger partial charge on any atom is -0.647 e. The molecule has 0 bridgehead atoms. The normalized spacial score (nSPS) is 19.1. The van der Waals surface area contributed by atoms with Gasteiger partial charge in [-0.2, -0.15) is 0 Å². The van der Waals surface area contributed by atoms with E-state index in [9.17, 15) is 0 Å². The van der Waals surface area contributed by atoms with Crippen LogP contribution in [0.3, 0.4) is 0 Å². The van der Waals surface area contributed by atoms with Crippen LogP contribution < -0.4 is 0 Å². The second-order valence-electron chi connectivity index (χ2n) is 5.13. The molecule has 1 aliphatic heterocycles. The summed E-state index contributed by atoms with van der Waals surface area (Å²) in [6.07, 6.45) is 5.00. The van der Waals surface area contributed by atoms with Crippen LogP contribution in [0.25, 0.3) is 5.32 Å². The van der Waals surface area contributed by atoms with Crippen LogP contribution in [0, 0.1) is 41.2 Å². The Morgan fingerprint density at radius 2 is 1.90 bits per heavy atom. The molecule has 3 aliphatic rings. The summed E-state index contributed by atoms with van der Waals surface area (Å²) in [5, 5.41) is 4.49. The van der Waals surface area contributed by atoms with Crippen molar-refractivity contribution in [3.63, 3.8) is 0 Å². The molecule has 2 aliphatic carbocycles. The molecule has 0 spiro atoms. The van der Waals surface area contributed by atoms with Gasteiger partial charge < -0.3 is 10.1 Å². The molecule has 3 rings (SSSR count). The maximum Gasteiger partial charge on any atom is 2.00 e. The van der Waals surface area contributed by atoms with Gasteiger partial charge in [0.1, 0.15) is 0 Å². The van der Waals surface area contributed by atoms with Crippen molar-refractivity contribution in [1.29, 1.82) is 0 Å². The topological polar surface area (TPSA) is 23.3 Å². The van der Waals surface area contributed by atoms with Crippen molar-refractivity contribution in [3.05, 3.63) is 46.1 Å². The fourth-order valence-corrected chi connectivity index (χ4v) is 1.44. The van der Waals surface area contributed by atoms with E-state index in [1.165, 1.54) is 0 Å². The third-order valence-electron chi connectivity index (χ3n) is 2.61. The minimum atomic E-state index is 0. The maximum atomic E-state index is 5.48. The fourth-order valence-electron chi connectivity index (χ4n) is 1.44. The summed E-state index contributed by atoms with van der Waals surface area (Å²) in [5.74, 6) is 11.7. The van der Waals surface area contributed by atoms with Gasteiger partial charge in [0.15, 0.2) is 0 Å². The summed E-state index contributed by atoms with van der Waals surface area (Å²) < 4.78 is 5.48. The Morgan fingerprint density at radius 3 is 2.30 bits per heavy atom. The van der Waals surface area contributed by atoms with Gasteiger partial charge in [-0.25, -0.2) is 5.73 Å². The van der Waals surface area contributed by atoms with Gasteiger partial charge in [0.05, 0.1) is 12.2 Å². The Balaban J connectivity index is 0.000000283. The first-order valence-electron chi connectivity index (χ1n) is 5.92. The van der Waals surface area contributed by atoms with Crippen LogP contribution >= 0.6 is 0 Å². The van der Waals surface area contributed by atoms with Gasteiger partial charge in [0.25, 0.3) is 0 Å². The molecule has 0 unspecified atom stereocenters. The van der Waals surface area contributed by atoms with Gasteiger partial charge in [-0.05, 0) is 29.1 Å². The van der Waals surface area contributed by atoms with Crippen LogP contribution in [0.1, 0.15) is 20.8 Å². The van der Waals surface area contributed by atoms with E-state index in [-0.39, 0.29) is 28.5 Å². The quantitative estimate of drug-likeness (QED) is 0.292. The number of nitrogens with zero attached hydrogens (tertiary/aromatic N) is 1. The van der Waals surface area contributed by atoms with Crippen LogP contribution in [0.4, 0.5) is 0 Å². The van der Waals surface area contributed by atoms with Crippen molar-refractivity contribution in [2.45, 2.75) is 26.8 Å². The minimum absolute atomic E-state index is 0. The summed E-state index contributed by atoms with van der Waals surface area (Å²) >= 11 is 0. The van der Waals surface area contributed by atoms with Crippen LogP contribution in [-0.4, -0.2) is 12.6 Å². The summed E-state index contributed by atoms with van der Waals surface area (Å²) in [6.45, 7) is 7.12. The van der Waals surface area contributed by atoms with Crippen molar-refractivity contribution in [3.8, 4) is 23.7 Å². The van der Waals surface area contributed by atoms with E-state index < -0.39 is 0 Å². The smallest absolute Gasteiger partial charge is 0.647 e. The van der Waals surface area contributed by atoms with Gasteiger partial charge in [0, 0.05) is 5.88 Å². The van der Waals surface area contributed by atoms with Gasteiger partial charge in [-0.1, -0.05) is 26.8 Å². The Bertz CT molecular complexity index is 628. The molecule has 20 heavy (non-hydrogen) atoms. The van der Waals surface area contributed by atoms with E-state index in [1.807, 2.05) is 0 Å². The average Bonchev–Trinajstić information content (AvgIpc) is 3.13. The number of ether oxygens (including phenoxy) is 1. The van der Waals surface area contributed by atoms with E-state index in [0.717, 1.165) is 5.57 Å². The van der Waals surface area contributed by atoms with Crippen molar-refractivity contribution >= 4 is 0 Å². The van der Waals surface area contributed by atoms with E-state index in [2.05, 4.69) is 79.1 Å². The number of hydrogen-bond acceptors (Lipinski definition) is 1. The van der Waals surface area contributed by atoms with Gasteiger partial charge in [-0.15, -0.1) is 12.2 Å². The Kier molecular flexibility index (Phi) is 5.65. The molecule has 2 nitrogen and oxygen atoms in total. The zero-order valence-electron chi connectivity index (χ0n) is 11.5. The summed E-state index contributed by atoms with van der Waals surface area (Å²) in [4.78, 5) is 0. The predicted molar refractivity (Wildman–Crippen MR) is 72.2 cm³/mol. The number of hydrogen-bond donors (Lipinski definition) is 0. The molecule has 99 valence electrons. The summed E-state index contributed by atoms with van der Waals surface area (Å²) in [7, 11) is 0. The van der Waals surface area contributed by atoms with Crippen LogP contribution in [-0.2, 0) is 21.8 Å². The van der Waals surface area contributed by atoms with E-state index >= 15 is 0 Å². The Morgan fingerprint density at radius 1 is 1.20 bits per heavy atom. The van der Waals surface area contributed by atoms with Crippen molar-refractivity contribution in [1.82, 2.24) is 0 Å². The molecule has 1 radical (unpaired) electrons. The van der Waals surface area contributed by atoms with Gasteiger partial charge >= 0.3 is 17.1 Å². The first-order valence-corrected chi connectivity index (χ1v) is 5.92. The Hall–Kier alpha value is -1.94. The van der Waals surface area contributed by atoms with Crippen molar-refractivity contribution in [2.24, 2.45) is 5.41 Å². The molecule has 1 fully saturated rings. The van der Waals surface area contributed by atoms with Crippen molar-refractivity contribution < 1.29 is 21.8 Å². The molecule has 3 heteroatoms. The first-order chi connectivity index (χ1) is 9.07. The Labute approximate surface area is 130 Å². The predicted octanol–water partition coefficient (Wildman–Crippen LogP) is 2.66. The summed E-state index contributed by atoms with van der Waals surface area (Å²) in [5.41, 5.74) is 8.37. The molecule has 0 amide bonds. The molecule has 0 aromatic rings. The third kappa shape index (κ3) is 4.31. The molecule has 0 saturated carbocycles. The molecule has 0 aromatic carbocycles. The molecule has 1 saturated heterocycles. The SMILES string of the molecule is CC(C)(C)[C@H]1COC(=C2C#CC#C2)[N-]1.[C]1=C=C=C=[C-]1.[Fe+2].